The van der Waals surface area contributed by atoms with Gasteiger partial charge in [0.05, 0.1) is 6.33 Å². The summed E-state index contributed by atoms with van der Waals surface area (Å²) < 4.78 is 4.06. The van der Waals surface area contributed by atoms with Gasteiger partial charge in [0.1, 0.15) is 0 Å². The van der Waals surface area contributed by atoms with Gasteiger partial charge in [0.2, 0.25) is 0 Å². The highest BCUT2D eigenvalue weighted by Crippen LogP contribution is 2.02. The second kappa shape index (κ2) is 5.60. The number of thioether (sulfide) groups is 1. The van der Waals surface area contributed by atoms with Gasteiger partial charge in [-0.05, 0) is 6.07 Å². The molecule has 0 bridgehead atoms. The summed E-state index contributed by atoms with van der Waals surface area (Å²) in [5.74, 6) is 2.23. The highest BCUT2D eigenvalue weighted by molar-refractivity contribution is 7.99. The Balaban J connectivity index is 1.56. The normalized spacial score (nSPS) is 10.7. The molecule has 0 unspecified atom stereocenters. The van der Waals surface area contributed by atoms with E-state index in [9.17, 15) is 0 Å². The van der Waals surface area contributed by atoms with Crippen molar-refractivity contribution in [2.75, 3.05) is 11.5 Å². The zero-order valence-electron chi connectivity index (χ0n) is 8.49. The molecule has 0 spiro atoms. The average Bonchev–Trinajstić information content (AvgIpc) is 2.88. The molecular weight excluding hydrogens is 208 g/mol. The second-order valence-corrected chi connectivity index (χ2v) is 4.41. The van der Waals surface area contributed by atoms with E-state index in [1.54, 1.807) is 0 Å². The van der Waals surface area contributed by atoms with Crippen molar-refractivity contribution in [1.82, 2.24) is 19.3 Å². The lowest BCUT2D eigenvalue weighted by Gasteiger charge is -2.02. The van der Waals surface area contributed by atoms with Crippen LogP contribution in [0.3, 0.4) is 0 Å². The summed E-state index contributed by atoms with van der Waals surface area (Å²) >= 11 is 1.94. The van der Waals surface area contributed by atoms with Crippen LogP contribution < -0.4 is 0 Å². The van der Waals surface area contributed by atoms with Crippen molar-refractivity contribution in [3.63, 3.8) is 0 Å². The Bertz CT molecular complexity index is 318. The van der Waals surface area contributed by atoms with Gasteiger partial charge in [-0.15, -0.1) is 0 Å². The van der Waals surface area contributed by atoms with E-state index in [-0.39, 0.29) is 0 Å². The molecule has 15 heavy (non-hydrogen) atoms. The van der Waals surface area contributed by atoms with E-state index >= 15 is 0 Å². The number of aromatic nitrogens is 4. The van der Waals surface area contributed by atoms with E-state index in [0.717, 1.165) is 24.6 Å². The highest BCUT2D eigenvalue weighted by atomic mass is 32.2. The lowest BCUT2D eigenvalue weighted by molar-refractivity contribution is 0.665. The summed E-state index contributed by atoms with van der Waals surface area (Å²) in [6.45, 7) is 2.02. The molecule has 0 aliphatic rings. The first-order valence-corrected chi connectivity index (χ1v) is 6.11. The molecule has 80 valence electrons. The van der Waals surface area contributed by atoms with Gasteiger partial charge in [-0.1, -0.05) is 0 Å². The van der Waals surface area contributed by atoms with E-state index in [1.165, 1.54) is 0 Å². The fourth-order valence-corrected chi connectivity index (χ4v) is 2.14. The zero-order valence-corrected chi connectivity index (χ0v) is 9.31. The van der Waals surface area contributed by atoms with E-state index in [0.29, 0.717) is 0 Å². The number of rotatable bonds is 6. The van der Waals surface area contributed by atoms with Crippen LogP contribution in [0.25, 0.3) is 0 Å². The number of hydrogen-bond donors (Lipinski definition) is 0. The average molecular weight is 222 g/mol. The zero-order chi connectivity index (χ0) is 10.3. The topological polar surface area (TPSA) is 35.6 Å². The van der Waals surface area contributed by atoms with Gasteiger partial charge in [-0.3, -0.25) is 4.68 Å². The van der Waals surface area contributed by atoms with Gasteiger partial charge < -0.3 is 4.57 Å². The predicted octanol–water partition coefficient (Wildman–Crippen LogP) is 1.51. The quantitative estimate of drug-likeness (QED) is 0.695. The molecular formula is C10H14N4S. The number of aryl methyl sites for hydroxylation is 2. The molecule has 0 saturated heterocycles. The summed E-state index contributed by atoms with van der Waals surface area (Å²) in [5.41, 5.74) is 0. The Labute approximate surface area is 93.3 Å². The standard InChI is InChI=1S/C10H14N4S/c1-2-12-14(4-1)7-9-15-8-6-13-5-3-11-10-13/h1-5,10H,6-9H2. The Morgan fingerprint density at radius 1 is 1.07 bits per heavy atom. The van der Waals surface area contributed by atoms with Gasteiger partial charge in [0, 0.05) is 49.4 Å². The van der Waals surface area contributed by atoms with E-state index < -0.39 is 0 Å². The van der Waals surface area contributed by atoms with E-state index in [4.69, 9.17) is 0 Å². The van der Waals surface area contributed by atoms with Crippen molar-refractivity contribution < 1.29 is 0 Å². The minimum absolute atomic E-state index is 0.988. The lowest BCUT2D eigenvalue weighted by Crippen LogP contribution is -2.03. The molecule has 0 fully saturated rings. The maximum absolute atomic E-state index is 4.15. The first-order chi connectivity index (χ1) is 7.45. The molecule has 0 aliphatic carbocycles. The summed E-state index contributed by atoms with van der Waals surface area (Å²) in [6, 6.07) is 1.95. The summed E-state index contributed by atoms with van der Waals surface area (Å²) in [5, 5.41) is 4.15. The van der Waals surface area contributed by atoms with Crippen LogP contribution in [0.2, 0.25) is 0 Å². The Morgan fingerprint density at radius 2 is 2.00 bits per heavy atom. The second-order valence-electron chi connectivity index (χ2n) is 3.18. The molecule has 0 radical (unpaired) electrons. The summed E-state index contributed by atoms with van der Waals surface area (Å²) in [6.07, 6.45) is 9.48. The predicted molar refractivity (Wildman–Crippen MR) is 61.8 cm³/mol. The molecule has 5 heteroatoms. The van der Waals surface area contributed by atoms with Crippen LogP contribution in [0.4, 0.5) is 0 Å². The molecule has 2 heterocycles. The van der Waals surface area contributed by atoms with Crippen LogP contribution >= 0.6 is 11.8 Å². The van der Waals surface area contributed by atoms with Crippen LogP contribution in [0.15, 0.2) is 37.2 Å². The molecule has 0 N–H and O–H groups in total. The van der Waals surface area contributed by atoms with Gasteiger partial charge in [0.15, 0.2) is 0 Å². The van der Waals surface area contributed by atoms with Crippen molar-refractivity contribution >= 4 is 11.8 Å². The number of nitrogens with zero attached hydrogens (tertiary/aromatic N) is 4. The fraction of sp³-hybridized carbons (Fsp3) is 0.400. The van der Waals surface area contributed by atoms with Crippen LogP contribution in [0, 0.1) is 0 Å². The van der Waals surface area contributed by atoms with Gasteiger partial charge >= 0.3 is 0 Å². The monoisotopic (exact) mass is 222 g/mol. The third-order valence-electron chi connectivity index (χ3n) is 2.08. The molecule has 2 rings (SSSR count). The van der Waals surface area contributed by atoms with Crippen LogP contribution in [0.1, 0.15) is 0 Å². The first kappa shape index (κ1) is 10.3. The minimum Gasteiger partial charge on any atom is -0.337 e. The number of hydrogen-bond acceptors (Lipinski definition) is 3. The van der Waals surface area contributed by atoms with Gasteiger partial charge in [-0.25, -0.2) is 4.98 Å². The molecule has 0 aromatic carbocycles. The van der Waals surface area contributed by atoms with Crippen LogP contribution in [-0.4, -0.2) is 30.8 Å². The molecule has 0 aliphatic heterocycles. The first-order valence-electron chi connectivity index (χ1n) is 4.96. The number of imidazole rings is 1. The third-order valence-corrected chi connectivity index (χ3v) is 3.02. The maximum atomic E-state index is 4.15. The summed E-state index contributed by atoms with van der Waals surface area (Å²) in [7, 11) is 0. The largest absolute Gasteiger partial charge is 0.337 e. The lowest BCUT2D eigenvalue weighted by atomic mass is 10.7. The van der Waals surface area contributed by atoms with E-state index in [2.05, 4.69) is 14.6 Å². The maximum Gasteiger partial charge on any atom is 0.0946 e. The van der Waals surface area contributed by atoms with Gasteiger partial charge in [-0.2, -0.15) is 16.9 Å². The Hall–Kier alpha value is -1.23. The SMILES string of the molecule is c1cnn(CCSCCn2ccnc2)c1. The molecule has 0 amide bonds. The van der Waals surface area contributed by atoms with Crippen molar-refractivity contribution in [2.24, 2.45) is 0 Å². The van der Waals surface area contributed by atoms with Crippen LogP contribution in [-0.2, 0) is 13.1 Å². The smallest absolute Gasteiger partial charge is 0.0946 e. The van der Waals surface area contributed by atoms with Crippen molar-refractivity contribution in [3.05, 3.63) is 37.2 Å². The summed E-state index contributed by atoms with van der Waals surface area (Å²) in [4.78, 5) is 4.00. The third kappa shape index (κ3) is 3.43. The molecule has 0 saturated carbocycles. The Kier molecular flexibility index (Phi) is 3.84. The molecule has 2 aromatic rings. The van der Waals surface area contributed by atoms with Crippen LogP contribution in [0.5, 0.6) is 0 Å². The molecule has 2 aromatic heterocycles. The Morgan fingerprint density at radius 3 is 2.73 bits per heavy atom. The van der Waals surface area contributed by atoms with Gasteiger partial charge in [0.25, 0.3) is 0 Å². The highest BCUT2D eigenvalue weighted by Gasteiger charge is 1.93. The fourth-order valence-electron chi connectivity index (χ4n) is 1.28. The molecule has 0 atom stereocenters. The van der Waals surface area contributed by atoms with Crippen molar-refractivity contribution in [3.8, 4) is 0 Å². The van der Waals surface area contributed by atoms with E-state index in [1.807, 2.05) is 53.6 Å². The minimum atomic E-state index is 0.988. The molecule has 4 nitrogen and oxygen atoms in total. The van der Waals surface area contributed by atoms with Crippen molar-refractivity contribution in [2.45, 2.75) is 13.1 Å². The van der Waals surface area contributed by atoms with Crippen molar-refractivity contribution in [1.29, 1.82) is 0 Å².